The minimum atomic E-state index is -1.26. The summed E-state index contributed by atoms with van der Waals surface area (Å²) in [6.45, 7) is 3.37. The van der Waals surface area contributed by atoms with Crippen molar-refractivity contribution >= 4 is 34.4 Å². The molecule has 1 heterocycles. The first-order valence-electron chi connectivity index (χ1n) is 8.16. The third-order valence-electron chi connectivity index (χ3n) is 2.97. The zero-order valence-electron chi connectivity index (χ0n) is 15.5. The molecule has 1 aromatic carbocycles. The molecule has 0 saturated heterocycles. The van der Waals surface area contributed by atoms with Crippen LogP contribution >= 0.6 is 11.3 Å². The van der Waals surface area contributed by atoms with Gasteiger partial charge in [-0.2, -0.15) is 0 Å². The van der Waals surface area contributed by atoms with Gasteiger partial charge in [0.05, 0.1) is 13.7 Å². The minimum Gasteiger partial charge on any atom is -0.496 e. The number of aromatic nitrogens is 1. The number of carbonyl (C=O) groups is 2. The zero-order chi connectivity index (χ0) is 20.8. The van der Waals surface area contributed by atoms with Gasteiger partial charge in [-0.25, -0.2) is 19.6 Å². The fourth-order valence-electron chi connectivity index (χ4n) is 1.83. The number of methoxy groups -OCH3 is 1. The van der Waals surface area contributed by atoms with Gasteiger partial charge in [0, 0.05) is 35.8 Å². The topological polar surface area (TPSA) is 133 Å². The van der Waals surface area contributed by atoms with Crippen molar-refractivity contribution in [3.63, 3.8) is 0 Å². The van der Waals surface area contributed by atoms with Gasteiger partial charge in [-0.1, -0.05) is 18.2 Å². The molecule has 0 aliphatic heterocycles. The maximum absolute atomic E-state index is 9.55. The lowest BCUT2D eigenvalue weighted by molar-refractivity contribution is -0.134. The van der Waals surface area contributed by atoms with Crippen molar-refractivity contribution in [3.8, 4) is 5.75 Å². The average molecular weight is 406 g/mol. The Morgan fingerprint density at radius 1 is 1.25 bits per heavy atom. The molecule has 9 nitrogen and oxygen atoms in total. The van der Waals surface area contributed by atoms with E-state index in [0.29, 0.717) is 24.7 Å². The Labute approximate surface area is 166 Å². The Balaban J connectivity index is 0.000000416. The molecular weight excluding hydrogens is 384 g/mol. The number of carboxylic acid groups (broad SMARTS) is 2. The monoisotopic (exact) mass is 406 g/mol. The van der Waals surface area contributed by atoms with Crippen molar-refractivity contribution in [2.75, 3.05) is 19.0 Å². The Morgan fingerprint density at radius 2 is 1.93 bits per heavy atom. The normalized spacial score (nSPS) is 10.7. The molecule has 1 aromatic heterocycles. The Kier molecular flexibility index (Phi) is 10.4. The molecule has 4 N–H and O–H groups in total. The van der Waals surface area contributed by atoms with E-state index in [2.05, 4.69) is 20.6 Å². The molecule has 0 amide bonds. The van der Waals surface area contributed by atoms with Gasteiger partial charge in [0.2, 0.25) is 0 Å². The van der Waals surface area contributed by atoms with Crippen molar-refractivity contribution in [2.24, 2.45) is 4.99 Å². The van der Waals surface area contributed by atoms with Crippen LogP contribution in [0.15, 0.2) is 53.0 Å². The molecule has 10 heteroatoms. The number of guanidine groups is 1. The van der Waals surface area contributed by atoms with Crippen LogP contribution in [0.25, 0.3) is 0 Å². The smallest absolute Gasteiger partial charge is 0.328 e. The number of aliphatic carboxylic acids is 2. The molecule has 0 fully saturated rings. The Morgan fingerprint density at radius 3 is 2.46 bits per heavy atom. The van der Waals surface area contributed by atoms with Crippen LogP contribution in [0.5, 0.6) is 5.75 Å². The summed E-state index contributed by atoms with van der Waals surface area (Å²) < 4.78 is 5.32. The van der Waals surface area contributed by atoms with Crippen molar-refractivity contribution < 1.29 is 24.5 Å². The third kappa shape index (κ3) is 9.34. The number of aliphatic imine (C=N–C) groups is 1. The zero-order valence-corrected chi connectivity index (χ0v) is 16.3. The van der Waals surface area contributed by atoms with Gasteiger partial charge in [-0.05, 0) is 13.0 Å². The van der Waals surface area contributed by atoms with Crippen molar-refractivity contribution in [3.05, 3.63) is 53.6 Å². The highest BCUT2D eigenvalue weighted by Crippen LogP contribution is 2.18. The molecule has 0 bridgehead atoms. The number of nitrogens with one attached hydrogen (secondary N) is 2. The van der Waals surface area contributed by atoms with E-state index in [4.69, 9.17) is 14.9 Å². The average Bonchev–Trinajstić information content (AvgIpc) is 3.18. The lowest BCUT2D eigenvalue weighted by Gasteiger charge is -2.10. The molecule has 2 aromatic rings. The highest BCUT2D eigenvalue weighted by atomic mass is 32.1. The number of anilines is 1. The highest BCUT2D eigenvalue weighted by Gasteiger charge is 2.03. The van der Waals surface area contributed by atoms with E-state index >= 15 is 0 Å². The third-order valence-corrected chi connectivity index (χ3v) is 3.66. The quantitative estimate of drug-likeness (QED) is 0.313. The molecule has 0 atom stereocenters. The summed E-state index contributed by atoms with van der Waals surface area (Å²) in [5.41, 5.74) is 1.05. The van der Waals surface area contributed by atoms with Crippen molar-refractivity contribution in [2.45, 2.75) is 13.5 Å². The number of carboxylic acids is 2. The number of benzene rings is 1. The summed E-state index contributed by atoms with van der Waals surface area (Å²) in [6.07, 6.45) is 2.88. The molecule has 2 rings (SSSR count). The number of hydrogen-bond donors (Lipinski definition) is 4. The van der Waals surface area contributed by atoms with Crippen LogP contribution in [-0.4, -0.2) is 46.7 Å². The predicted octanol–water partition coefficient (Wildman–Crippen LogP) is 2.44. The van der Waals surface area contributed by atoms with Gasteiger partial charge in [-0.15, -0.1) is 11.3 Å². The minimum absolute atomic E-state index is 0.546. The summed E-state index contributed by atoms with van der Waals surface area (Å²) in [5.74, 6) is -0.950. The number of nitrogens with zero attached hydrogens (tertiary/aromatic N) is 2. The fourth-order valence-corrected chi connectivity index (χ4v) is 2.36. The van der Waals surface area contributed by atoms with Gasteiger partial charge < -0.3 is 25.6 Å². The lowest BCUT2D eigenvalue weighted by atomic mass is 10.2. The number of hydrogen-bond acceptors (Lipinski definition) is 6. The molecule has 0 spiro atoms. The number of rotatable bonds is 7. The maximum Gasteiger partial charge on any atom is 0.328 e. The second kappa shape index (κ2) is 12.9. The van der Waals surface area contributed by atoms with Crippen LogP contribution in [0, 0.1) is 0 Å². The van der Waals surface area contributed by atoms with E-state index in [1.54, 1.807) is 13.3 Å². The maximum atomic E-state index is 9.55. The molecule has 28 heavy (non-hydrogen) atoms. The fraction of sp³-hybridized carbons (Fsp3) is 0.222. The van der Waals surface area contributed by atoms with Gasteiger partial charge in [-0.3, -0.25) is 0 Å². The van der Waals surface area contributed by atoms with E-state index in [1.165, 1.54) is 11.3 Å². The van der Waals surface area contributed by atoms with Crippen LogP contribution < -0.4 is 15.4 Å². The summed E-state index contributed by atoms with van der Waals surface area (Å²) >= 11 is 1.54. The standard InChI is InChI=1S/C14H18N4OS.C4H4O4/c1-3-15-13(18-14-16-8-9-20-14)17-10-11-6-4-5-7-12(11)19-2;5-3(6)1-2-4(7)8/h4-9H,3,10H2,1-2H3,(H2,15,16,17,18);1-2H,(H,5,6)(H,7,8)/b;2-1+. The van der Waals surface area contributed by atoms with Crippen LogP contribution in [0.3, 0.4) is 0 Å². The van der Waals surface area contributed by atoms with E-state index in [-0.39, 0.29) is 0 Å². The lowest BCUT2D eigenvalue weighted by Crippen LogP contribution is -2.30. The van der Waals surface area contributed by atoms with Crippen molar-refractivity contribution in [1.82, 2.24) is 10.3 Å². The summed E-state index contributed by atoms with van der Waals surface area (Å²) in [7, 11) is 1.67. The van der Waals surface area contributed by atoms with Gasteiger partial charge in [0.1, 0.15) is 5.75 Å². The number of para-hydroxylation sites is 1. The first-order valence-corrected chi connectivity index (χ1v) is 9.04. The van der Waals surface area contributed by atoms with Crippen LogP contribution in [-0.2, 0) is 16.1 Å². The molecule has 0 saturated carbocycles. The van der Waals surface area contributed by atoms with E-state index < -0.39 is 11.9 Å². The van der Waals surface area contributed by atoms with E-state index in [1.807, 2.05) is 36.6 Å². The first kappa shape index (κ1) is 22.6. The van der Waals surface area contributed by atoms with Crippen LogP contribution in [0.1, 0.15) is 12.5 Å². The highest BCUT2D eigenvalue weighted by molar-refractivity contribution is 7.13. The van der Waals surface area contributed by atoms with E-state index in [9.17, 15) is 9.59 Å². The molecule has 0 aliphatic rings. The Bertz CT molecular complexity index is 790. The second-order valence-electron chi connectivity index (χ2n) is 4.98. The summed E-state index contributed by atoms with van der Waals surface area (Å²) in [4.78, 5) is 27.8. The predicted molar refractivity (Wildman–Crippen MR) is 108 cm³/mol. The number of ether oxygens (including phenoxy) is 1. The van der Waals surface area contributed by atoms with Crippen LogP contribution in [0.4, 0.5) is 5.13 Å². The van der Waals surface area contributed by atoms with Crippen molar-refractivity contribution in [1.29, 1.82) is 0 Å². The summed E-state index contributed by atoms with van der Waals surface area (Å²) in [6, 6.07) is 7.88. The molecule has 0 radical (unpaired) electrons. The largest absolute Gasteiger partial charge is 0.496 e. The molecule has 150 valence electrons. The van der Waals surface area contributed by atoms with Gasteiger partial charge >= 0.3 is 11.9 Å². The van der Waals surface area contributed by atoms with E-state index in [0.717, 1.165) is 23.0 Å². The van der Waals surface area contributed by atoms with Gasteiger partial charge in [0.15, 0.2) is 11.1 Å². The molecular formula is C18H22N4O5S. The Hall–Kier alpha value is -3.40. The number of thiazole rings is 1. The summed E-state index contributed by atoms with van der Waals surface area (Å²) in [5, 5.41) is 24.7. The molecule has 0 aliphatic carbocycles. The van der Waals surface area contributed by atoms with Crippen LogP contribution in [0.2, 0.25) is 0 Å². The molecule has 0 unspecified atom stereocenters. The second-order valence-corrected chi connectivity index (χ2v) is 5.87. The van der Waals surface area contributed by atoms with Gasteiger partial charge in [0.25, 0.3) is 0 Å². The SMILES string of the molecule is CCNC(=NCc1ccccc1OC)Nc1nccs1.O=C(O)/C=C/C(=O)O. The first-order chi connectivity index (χ1) is 13.5.